The van der Waals surface area contributed by atoms with E-state index in [4.69, 9.17) is 4.74 Å². The van der Waals surface area contributed by atoms with Gasteiger partial charge in [-0.25, -0.2) is 0 Å². The molecule has 8 heteroatoms. The van der Waals surface area contributed by atoms with Crippen molar-refractivity contribution in [2.24, 2.45) is 0 Å². The maximum atomic E-state index is 12.0. The Hall–Kier alpha value is -1.12. The standard InChI is InChI=1S/C10H11F3O4S/c1-16-6-8-4-2-3-5-9(8)7-17-18(14,15)10(11,12)13/h2-5H,6-7H2,1H3. The first-order valence-electron chi connectivity index (χ1n) is 4.79. The van der Waals surface area contributed by atoms with Gasteiger partial charge in [0.2, 0.25) is 0 Å². The lowest BCUT2D eigenvalue weighted by Gasteiger charge is -2.11. The lowest BCUT2D eigenvalue weighted by atomic mass is 10.1. The fraction of sp³-hybridized carbons (Fsp3) is 0.400. The Balaban J connectivity index is 2.81. The number of benzene rings is 1. The fourth-order valence-electron chi connectivity index (χ4n) is 1.20. The topological polar surface area (TPSA) is 52.6 Å². The van der Waals surface area contributed by atoms with E-state index in [9.17, 15) is 21.6 Å². The van der Waals surface area contributed by atoms with Gasteiger partial charge in [-0.05, 0) is 11.1 Å². The van der Waals surface area contributed by atoms with Crippen LogP contribution in [-0.2, 0) is 32.3 Å². The predicted molar refractivity (Wildman–Crippen MR) is 56.9 cm³/mol. The van der Waals surface area contributed by atoms with Crippen LogP contribution in [0.3, 0.4) is 0 Å². The Morgan fingerprint density at radius 1 is 1.11 bits per heavy atom. The highest BCUT2D eigenvalue weighted by atomic mass is 32.2. The van der Waals surface area contributed by atoms with E-state index in [1.54, 1.807) is 18.2 Å². The summed E-state index contributed by atoms with van der Waals surface area (Å²) in [6.07, 6.45) is 0. The second kappa shape index (κ2) is 5.68. The molecule has 0 amide bonds. The second-order valence-electron chi connectivity index (χ2n) is 3.36. The molecule has 0 saturated heterocycles. The highest BCUT2D eigenvalue weighted by Crippen LogP contribution is 2.26. The molecule has 0 fully saturated rings. The van der Waals surface area contributed by atoms with Gasteiger partial charge in [-0.2, -0.15) is 21.6 Å². The summed E-state index contributed by atoms with van der Waals surface area (Å²) < 4.78 is 66.4. The second-order valence-corrected chi connectivity index (χ2v) is 4.97. The molecule has 4 nitrogen and oxygen atoms in total. The summed E-state index contributed by atoms with van der Waals surface area (Å²) in [6.45, 7) is -0.521. The molecule has 0 spiro atoms. The van der Waals surface area contributed by atoms with Crippen LogP contribution in [0.1, 0.15) is 11.1 Å². The molecule has 0 aliphatic rings. The van der Waals surface area contributed by atoms with Crippen molar-refractivity contribution in [1.29, 1.82) is 0 Å². The molecule has 18 heavy (non-hydrogen) atoms. The van der Waals surface area contributed by atoms with Crippen LogP contribution >= 0.6 is 0 Å². The van der Waals surface area contributed by atoms with Crippen LogP contribution in [0.4, 0.5) is 13.2 Å². The third kappa shape index (κ3) is 3.69. The van der Waals surface area contributed by atoms with E-state index in [1.165, 1.54) is 13.2 Å². The predicted octanol–water partition coefficient (Wildman–Crippen LogP) is 2.20. The van der Waals surface area contributed by atoms with Gasteiger partial charge in [0.1, 0.15) is 0 Å². The van der Waals surface area contributed by atoms with Gasteiger partial charge in [-0.15, -0.1) is 0 Å². The van der Waals surface area contributed by atoms with Crippen molar-refractivity contribution < 1.29 is 30.5 Å². The molecule has 1 aromatic carbocycles. The molecule has 1 aromatic rings. The van der Waals surface area contributed by atoms with E-state index in [1.807, 2.05) is 0 Å². The van der Waals surface area contributed by atoms with Crippen LogP contribution in [0.5, 0.6) is 0 Å². The van der Waals surface area contributed by atoms with Crippen molar-refractivity contribution in [2.45, 2.75) is 18.7 Å². The molecule has 0 radical (unpaired) electrons. The van der Waals surface area contributed by atoms with Crippen LogP contribution in [0.2, 0.25) is 0 Å². The monoisotopic (exact) mass is 284 g/mol. The van der Waals surface area contributed by atoms with E-state index in [2.05, 4.69) is 4.18 Å². The first kappa shape index (κ1) is 14.9. The van der Waals surface area contributed by atoms with Crippen molar-refractivity contribution >= 4 is 10.1 Å². The minimum atomic E-state index is -5.57. The van der Waals surface area contributed by atoms with Crippen LogP contribution in [0.25, 0.3) is 0 Å². The summed E-state index contributed by atoms with van der Waals surface area (Å²) in [5, 5.41) is 0. The minimum absolute atomic E-state index is 0.158. The number of methoxy groups -OCH3 is 1. The highest BCUT2D eigenvalue weighted by molar-refractivity contribution is 7.87. The van der Waals surface area contributed by atoms with Crippen molar-refractivity contribution in [3.8, 4) is 0 Å². The van der Waals surface area contributed by atoms with Crippen LogP contribution in [-0.4, -0.2) is 21.0 Å². The van der Waals surface area contributed by atoms with Gasteiger partial charge in [-0.3, -0.25) is 4.18 Å². The third-order valence-corrected chi connectivity index (χ3v) is 3.07. The first-order chi connectivity index (χ1) is 8.28. The van der Waals surface area contributed by atoms with Gasteiger partial charge in [0.05, 0.1) is 13.2 Å². The van der Waals surface area contributed by atoms with E-state index < -0.39 is 22.2 Å². The average Bonchev–Trinajstić information content (AvgIpc) is 2.27. The van der Waals surface area contributed by atoms with E-state index in [0.717, 1.165) is 0 Å². The molecule has 0 bridgehead atoms. The molecule has 0 heterocycles. The Labute approximate surface area is 102 Å². The highest BCUT2D eigenvalue weighted by Gasteiger charge is 2.47. The summed E-state index contributed by atoms with van der Waals surface area (Å²) in [4.78, 5) is 0. The Kier molecular flexibility index (Phi) is 4.71. The molecule has 0 N–H and O–H groups in total. The maximum absolute atomic E-state index is 12.0. The molecule has 0 saturated carbocycles. The zero-order valence-corrected chi connectivity index (χ0v) is 10.2. The van der Waals surface area contributed by atoms with Crippen molar-refractivity contribution in [3.05, 3.63) is 35.4 Å². The number of ether oxygens (including phenoxy) is 1. The maximum Gasteiger partial charge on any atom is 0.523 e. The van der Waals surface area contributed by atoms with Crippen molar-refractivity contribution in [3.63, 3.8) is 0 Å². The zero-order valence-electron chi connectivity index (χ0n) is 9.40. The number of halogens is 3. The van der Waals surface area contributed by atoms with Gasteiger partial charge in [-0.1, -0.05) is 24.3 Å². The van der Waals surface area contributed by atoms with E-state index in [0.29, 0.717) is 11.1 Å². The molecular weight excluding hydrogens is 273 g/mol. The molecule has 0 aromatic heterocycles. The lowest BCUT2D eigenvalue weighted by Crippen LogP contribution is -2.25. The van der Waals surface area contributed by atoms with Gasteiger partial charge >= 0.3 is 15.6 Å². The van der Waals surface area contributed by atoms with Gasteiger partial charge in [0.25, 0.3) is 0 Å². The molecule has 1 rings (SSSR count). The number of hydrogen-bond acceptors (Lipinski definition) is 4. The minimum Gasteiger partial charge on any atom is -0.380 e. The van der Waals surface area contributed by atoms with Gasteiger partial charge in [0.15, 0.2) is 0 Å². The lowest BCUT2D eigenvalue weighted by molar-refractivity contribution is -0.0548. The van der Waals surface area contributed by atoms with Gasteiger partial charge in [0, 0.05) is 7.11 Å². The molecule has 0 unspecified atom stereocenters. The summed E-state index contributed by atoms with van der Waals surface area (Å²) >= 11 is 0. The molecule has 102 valence electrons. The summed E-state index contributed by atoms with van der Waals surface area (Å²) in [5.41, 5.74) is -4.52. The number of rotatable bonds is 5. The zero-order chi connectivity index (χ0) is 13.8. The summed E-state index contributed by atoms with van der Waals surface area (Å²) in [6, 6.07) is 6.32. The van der Waals surface area contributed by atoms with Crippen LogP contribution < -0.4 is 0 Å². The van der Waals surface area contributed by atoms with Crippen molar-refractivity contribution in [2.75, 3.05) is 7.11 Å². The van der Waals surface area contributed by atoms with Crippen LogP contribution in [0, 0.1) is 0 Å². The average molecular weight is 284 g/mol. The van der Waals surface area contributed by atoms with Crippen LogP contribution in [0.15, 0.2) is 24.3 Å². The van der Waals surface area contributed by atoms with E-state index >= 15 is 0 Å². The quantitative estimate of drug-likeness (QED) is 0.614. The third-order valence-electron chi connectivity index (χ3n) is 2.07. The molecule has 0 atom stereocenters. The molecule has 0 aliphatic carbocycles. The normalized spacial score (nSPS) is 12.7. The molecular formula is C10H11F3O4S. The molecule has 0 aliphatic heterocycles. The van der Waals surface area contributed by atoms with E-state index in [-0.39, 0.29) is 6.61 Å². The SMILES string of the molecule is COCc1ccccc1COS(=O)(=O)C(F)(F)F. The number of hydrogen-bond donors (Lipinski definition) is 0. The summed E-state index contributed by atoms with van der Waals surface area (Å²) in [7, 11) is -4.15. The first-order valence-corrected chi connectivity index (χ1v) is 6.20. The Morgan fingerprint density at radius 3 is 2.06 bits per heavy atom. The fourth-order valence-corrected chi connectivity index (χ4v) is 1.62. The Morgan fingerprint density at radius 2 is 1.61 bits per heavy atom. The van der Waals surface area contributed by atoms with Gasteiger partial charge < -0.3 is 4.74 Å². The van der Waals surface area contributed by atoms with Crippen molar-refractivity contribution in [1.82, 2.24) is 0 Å². The number of alkyl halides is 3. The Bertz CT molecular complexity index is 496. The smallest absolute Gasteiger partial charge is 0.380 e. The largest absolute Gasteiger partial charge is 0.523 e. The summed E-state index contributed by atoms with van der Waals surface area (Å²) in [5.74, 6) is 0.